The molecule has 0 unspecified atom stereocenters. The Bertz CT molecular complexity index is 960. The average Bonchev–Trinajstić information content (AvgIpc) is 2.95. The van der Waals surface area contributed by atoms with Crippen molar-refractivity contribution in [2.24, 2.45) is 0 Å². The summed E-state index contributed by atoms with van der Waals surface area (Å²) in [6, 6.07) is 11.3. The lowest BCUT2D eigenvalue weighted by Crippen LogP contribution is -2.30. The van der Waals surface area contributed by atoms with E-state index < -0.39 is 6.03 Å². The third kappa shape index (κ3) is 5.11. The predicted molar refractivity (Wildman–Crippen MR) is 123 cm³/mol. The molecule has 3 rings (SSSR count). The predicted octanol–water partition coefficient (Wildman–Crippen LogP) is 4.94. The van der Waals surface area contributed by atoms with Crippen molar-refractivity contribution in [1.29, 1.82) is 0 Å². The van der Waals surface area contributed by atoms with Gasteiger partial charge < -0.3 is 14.8 Å². The zero-order chi connectivity index (χ0) is 21.0. The maximum atomic E-state index is 12.3. The van der Waals surface area contributed by atoms with Crippen molar-refractivity contribution in [3.8, 4) is 11.5 Å². The summed E-state index contributed by atoms with van der Waals surface area (Å²) in [6.45, 7) is 4.83. The van der Waals surface area contributed by atoms with Crippen LogP contribution in [0.3, 0.4) is 0 Å². The van der Waals surface area contributed by atoms with Crippen molar-refractivity contribution in [3.63, 3.8) is 0 Å². The van der Waals surface area contributed by atoms with E-state index in [4.69, 9.17) is 9.47 Å². The summed E-state index contributed by atoms with van der Waals surface area (Å²) in [7, 11) is 0. The lowest BCUT2D eigenvalue weighted by Gasteiger charge is -2.15. The fourth-order valence-electron chi connectivity index (χ4n) is 2.84. The smallest absolute Gasteiger partial charge is 0.328 e. The van der Waals surface area contributed by atoms with E-state index in [1.807, 2.05) is 37.3 Å². The quantitative estimate of drug-likeness (QED) is 0.291. The number of amides is 3. The molecule has 0 spiro atoms. The molecule has 1 saturated heterocycles. The highest BCUT2D eigenvalue weighted by Crippen LogP contribution is 2.38. The largest absolute Gasteiger partial charge is 0.490 e. The summed E-state index contributed by atoms with van der Waals surface area (Å²) in [5, 5.41) is 2.60. The molecular weight excluding hydrogens is 551 g/mol. The summed E-state index contributed by atoms with van der Waals surface area (Å²) >= 11 is 5.80. The molecule has 1 aliphatic rings. The number of carbonyl (C=O) groups is 2. The van der Waals surface area contributed by atoms with Crippen LogP contribution in [0.25, 0.3) is 6.08 Å². The number of urea groups is 1. The maximum absolute atomic E-state index is 12.3. The van der Waals surface area contributed by atoms with E-state index in [9.17, 15) is 9.59 Å². The van der Waals surface area contributed by atoms with Crippen LogP contribution in [-0.2, 0) is 11.4 Å². The van der Waals surface area contributed by atoms with Crippen LogP contribution in [0.4, 0.5) is 4.79 Å². The summed E-state index contributed by atoms with van der Waals surface area (Å²) in [5.41, 5.74) is 1.99. The molecular formula is C21H20BrIN2O4. The van der Waals surface area contributed by atoms with E-state index in [0.717, 1.165) is 14.0 Å². The first-order valence-electron chi connectivity index (χ1n) is 9.11. The van der Waals surface area contributed by atoms with Gasteiger partial charge in [0, 0.05) is 10.1 Å². The summed E-state index contributed by atoms with van der Waals surface area (Å²) in [6.07, 6.45) is 1.63. The van der Waals surface area contributed by atoms with Crippen LogP contribution in [-0.4, -0.2) is 30.0 Å². The van der Waals surface area contributed by atoms with E-state index in [-0.39, 0.29) is 11.6 Å². The average molecular weight is 571 g/mol. The molecule has 1 heterocycles. The Morgan fingerprint density at radius 3 is 2.48 bits per heavy atom. The number of hydrogen-bond donors (Lipinski definition) is 1. The Balaban J connectivity index is 1.86. The van der Waals surface area contributed by atoms with Crippen molar-refractivity contribution in [2.75, 3.05) is 13.2 Å². The molecule has 1 N–H and O–H groups in total. The van der Waals surface area contributed by atoms with E-state index in [1.165, 1.54) is 0 Å². The molecule has 0 atom stereocenters. The number of ether oxygens (including phenoxy) is 2. The second-order valence-electron chi connectivity index (χ2n) is 6.22. The molecule has 1 aliphatic heterocycles. The first-order chi connectivity index (χ1) is 13.9. The number of halogens is 2. The van der Waals surface area contributed by atoms with Gasteiger partial charge in [-0.05, 0) is 93.8 Å². The fraction of sp³-hybridized carbons (Fsp3) is 0.238. The summed E-state index contributed by atoms with van der Waals surface area (Å²) in [5.74, 6) is 0.804. The fourth-order valence-corrected chi connectivity index (χ4v) is 3.77. The molecule has 0 radical (unpaired) electrons. The maximum Gasteiger partial charge on any atom is 0.328 e. The SMILES string of the molecule is CCOc1cc(/C=C2/NC(=O)N(CC)C2=O)cc(Br)c1OCc1ccc(I)cc1. The molecule has 152 valence electrons. The molecule has 2 aromatic rings. The van der Waals surface area contributed by atoms with Crippen LogP contribution in [0.1, 0.15) is 25.0 Å². The molecule has 0 aromatic heterocycles. The lowest BCUT2D eigenvalue weighted by molar-refractivity contribution is -0.122. The molecule has 0 saturated carbocycles. The Hall–Kier alpha value is -2.07. The van der Waals surface area contributed by atoms with Gasteiger partial charge in [0.15, 0.2) is 11.5 Å². The lowest BCUT2D eigenvalue weighted by atomic mass is 10.1. The number of hydrogen-bond acceptors (Lipinski definition) is 4. The van der Waals surface area contributed by atoms with Crippen LogP contribution < -0.4 is 14.8 Å². The van der Waals surface area contributed by atoms with E-state index in [1.54, 1.807) is 19.1 Å². The van der Waals surface area contributed by atoms with Gasteiger partial charge in [0.25, 0.3) is 5.91 Å². The van der Waals surface area contributed by atoms with Gasteiger partial charge in [0.2, 0.25) is 0 Å². The monoisotopic (exact) mass is 570 g/mol. The minimum Gasteiger partial charge on any atom is -0.490 e. The highest BCUT2D eigenvalue weighted by molar-refractivity contribution is 14.1. The minimum atomic E-state index is -0.412. The van der Waals surface area contributed by atoms with Crippen molar-refractivity contribution >= 4 is 56.5 Å². The zero-order valence-electron chi connectivity index (χ0n) is 16.0. The number of carbonyl (C=O) groups excluding carboxylic acids is 2. The third-order valence-electron chi connectivity index (χ3n) is 4.22. The molecule has 6 nitrogen and oxygen atoms in total. The van der Waals surface area contributed by atoms with Gasteiger partial charge in [0.1, 0.15) is 12.3 Å². The molecule has 3 amide bonds. The third-order valence-corrected chi connectivity index (χ3v) is 5.53. The van der Waals surface area contributed by atoms with Crippen LogP contribution in [0.15, 0.2) is 46.6 Å². The molecule has 2 aromatic carbocycles. The zero-order valence-corrected chi connectivity index (χ0v) is 19.7. The second kappa shape index (κ2) is 9.62. The van der Waals surface area contributed by atoms with E-state index >= 15 is 0 Å². The van der Waals surface area contributed by atoms with Gasteiger partial charge in [-0.3, -0.25) is 9.69 Å². The number of nitrogens with zero attached hydrogens (tertiary/aromatic N) is 1. The molecule has 0 bridgehead atoms. The number of nitrogens with one attached hydrogen (secondary N) is 1. The topological polar surface area (TPSA) is 67.9 Å². The van der Waals surface area contributed by atoms with Crippen LogP contribution >= 0.6 is 38.5 Å². The van der Waals surface area contributed by atoms with E-state index in [0.29, 0.717) is 41.3 Å². The first kappa shape index (κ1) is 21.6. The molecule has 1 fully saturated rings. The Morgan fingerprint density at radius 1 is 1.14 bits per heavy atom. The molecule has 8 heteroatoms. The number of likely N-dealkylation sites (N-methyl/N-ethyl adjacent to an activating group) is 1. The highest BCUT2D eigenvalue weighted by Gasteiger charge is 2.32. The van der Waals surface area contributed by atoms with Gasteiger partial charge in [-0.25, -0.2) is 4.79 Å². The van der Waals surface area contributed by atoms with E-state index in [2.05, 4.69) is 43.8 Å². The standard InChI is InChI=1S/C21H20BrIN2O4/c1-3-25-20(26)17(24-21(25)27)10-14-9-16(22)19(18(11-14)28-4-2)29-12-13-5-7-15(23)8-6-13/h5-11H,3-4,12H2,1-2H3,(H,24,27)/b17-10+. The Kier molecular flexibility index (Phi) is 7.18. The molecule has 0 aliphatic carbocycles. The number of imide groups is 1. The van der Waals surface area contributed by atoms with Crippen LogP contribution in [0, 0.1) is 3.57 Å². The first-order valence-corrected chi connectivity index (χ1v) is 11.0. The summed E-state index contributed by atoms with van der Waals surface area (Å²) in [4.78, 5) is 25.3. The highest BCUT2D eigenvalue weighted by atomic mass is 127. The Morgan fingerprint density at radius 2 is 1.86 bits per heavy atom. The number of benzene rings is 2. The molecule has 29 heavy (non-hydrogen) atoms. The van der Waals surface area contributed by atoms with Crippen molar-refractivity contribution in [3.05, 3.63) is 61.3 Å². The van der Waals surface area contributed by atoms with Crippen LogP contribution in [0.5, 0.6) is 11.5 Å². The van der Waals surface area contributed by atoms with Gasteiger partial charge in [0.05, 0.1) is 11.1 Å². The summed E-state index contributed by atoms with van der Waals surface area (Å²) < 4.78 is 13.6. The van der Waals surface area contributed by atoms with Crippen molar-refractivity contribution in [2.45, 2.75) is 20.5 Å². The number of rotatable bonds is 7. The normalized spacial score (nSPS) is 15.0. The van der Waals surface area contributed by atoms with Crippen LogP contribution in [0.2, 0.25) is 0 Å². The van der Waals surface area contributed by atoms with Gasteiger partial charge >= 0.3 is 6.03 Å². The van der Waals surface area contributed by atoms with Gasteiger partial charge in [-0.15, -0.1) is 0 Å². The van der Waals surface area contributed by atoms with Gasteiger partial charge in [-0.1, -0.05) is 12.1 Å². The van der Waals surface area contributed by atoms with Gasteiger partial charge in [-0.2, -0.15) is 0 Å². The van der Waals surface area contributed by atoms with Crippen molar-refractivity contribution < 1.29 is 19.1 Å². The van der Waals surface area contributed by atoms with Crippen molar-refractivity contribution in [1.82, 2.24) is 10.2 Å². The second-order valence-corrected chi connectivity index (χ2v) is 8.32. The Labute approximate surface area is 191 Å². The minimum absolute atomic E-state index is 0.235.